The van der Waals surface area contributed by atoms with Crippen molar-refractivity contribution in [1.29, 1.82) is 0 Å². The normalized spacial score (nSPS) is 21.1. The third-order valence-electron chi connectivity index (χ3n) is 6.03. The Hall–Kier alpha value is -2.41. The summed E-state index contributed by atoms with van der Waals surface area (Å²) < 4.78 is 6.60. The molecule has 4 nitrogen and oxygen atoms in total. The van der Waals surface area contributed by atoms with Gasteiger partial charge in [-0.05, 0) is 57.2 Å². The topological polar surface area (TPSA) is 64.4 Å². The van der Waals surface area contributed by atoms with E-state index in [0.717, 1.165) is 11.4 Å². The minimum Gasteiger partial charge on any atom is -0.399 e. The van der Waals surface area contributed by atoms with E-state index in [1.54, 1.807) is 11.3 Å². The number of nitrogens with two attached hydrogens (primary N) is 1. The molecular weight excluding hydrogens is 384 g/mol. The number of hydrogen-bond donors (Lipinski definition) is 2. The SMILES string of the molecule is CC(=O)Nc1ccc2c(c1)[Si](C)(C)c1cc(N)ccc1C21OCc2sccc21. The molecule has 0 aliphatic carbocycles. The van der Waals surface area contributed by atoms with Gasteiger partial charge in [-0.2, -0.15) is 0 Å². The molecule has 0 radical (unpaired) electrons. The number of fused-ring (bicyclic) bond motifs is 6. The van der Waals surface area contributed by atoms with Gasteiger partial charge in [0, 0.05) is 28.7 Å². The Labute approximate surface area is 169 Å². The van der Waals surface area contributed by atoms with Crippen LogP contribution >= 0.6 is 11.3 Å². The molecule has 142 valence electrons. The van der Waals surface area contributed by atoms with Crippen molar-refractivity contribution in [2.75, 3.05) is 11.1 Å². The average Bonchev–Trinajstić information content (AvgIpc) is 3.24. The van der Waals surface area contributed by atoms with E-state index in [1.165, 1.54) is 38.9 Å². The zero-order chi connectivity index (χ0) is 19.7. The number of nitrogen functional groups attached to an aromatic ring is 1. The van der Waals surface area contributed by atoms with Gasteiger partial charge in [0.15, 0.2) is 0 Å². The third-order valence-corrected chi connectivity index (χ3v) is 10.4. The Balaban J connectivity index is 1.86. The van der Waals surface area contributed by atoms with E-state index in [-0.39, 0.29) is 5.91 Å². The van der Waals surface area contributed by atoms with Crippen molar-refractivity contribution in [2.45, 2.75) is 32.2 Å². The lowest BCUT2D eigenvalue weighted by molar-refractivity contribution is -0.114. The van der Waals surface area contributed by atoms with Crippen molar-refractivity contribution in [1.82, 2.24) is 0 Å². The van der Waals surface area contributed by atoms with Crippen LogP contribution in [-0.2, 0) is 21.7 Å². The van der Waals surface area contributed by atoms with Crippen LogP contribution in [0.5, 0.6) is 0 Å². The van der Waals surface area contributed by atoms with Gasteiger partial charge in [-0.25, -0.2) is 0 Å². The van der Waals surface area contributed by atoms with Crippen molar-refractivity contribution in [3.63, 3.8) is 0 Å². The molecule has 6 heteroatoms. The summed E-state index contributed by atoms with van der Waals surface area (Å²) in [5.74, 6) is -0.0631. The Morgan fingerprint density at radius 1 is 1.11 bits per heavy atom. The van der Waals surface area contributed by atoms with Crippen molar-refractivity contribution in [3.05, 3.63) is 69.4 Å². The highest BCUT2D eigenvalue weighted by Crippen LogP contribution is 2.50. The first kappa shape index (κ1) is 17.7. The molecule has 0 bridgehead atoms. The van der Waals surface area contributed by atoms with Gasteiger partial charge < -0.3 is 15.8 Å². The third kappa shape index (κ3) is 2.22. The number of rotatable bonds is 1. The highest BCUT2D eigenvalue weighted by molar-refractivity contribution is 7.10. The first-order chi connectivity index (χ1) is 13.3. The van der Waals surface area contributed by atoms with Crippen molar-refractivity contribution < 1.29 is 9.53 Å². The fraction of sp³-hybridized carbons (Fsp3) is 0.227. The van der Waals surface area contributed by atoms with Crippen LogP contribution in [0, 0.1) is 0 Å². The van der Waals surface area contributed by atoms with Crippen LogP contribution in [0.25, 0.3) is 0 Å². The first-order valence-corrected chi connectivity index (χ1v) is 13.3. The summed E-state index contributed by atoms with van der Waals surface area (Å²) in [4.78, 5) is 12.9. The number of anilines is 2. The van der Waals surface area contributed by atoms with E-state index >= 15 is 0 Å². The van der Waals surface area contributed by atoms with Crippen LogP contribution < -0.4 is 21.4 Å². The molecule has 2 aromatic carbocycles. The quantitative estimate of drug-likeness (QED) is 0.482. The van der Waals surface area contributed by atoms with Gasteiger partial charge in [0.05, 0.1) is 6.61 Å². The molecular formula is C22H22N2O2SSi. The number of nitrogens with one attached hydrogen (secondary N) is 1. The van der Waals surface area contributed by atoms with Crippen molar-refractivity contribution in [2.24, 2.45) is 0 Å². The molecule has 2 aliphatic rings. The minimum atomic E-state index is -2.05. The summed E-state index contributed by atoms with van der Waals surface area (Å²) in [6.45, 7) is 6.85. The second-order valence-corrected chi connectivity index (χ2v) is 13.4. The molecule has 3 N–H and O–H groups in total. The molecule has 3 aromatic rings. The fourth-order valence-electron chi connectivity index (χ4n) is 4.79. The molecule has 1 aromatic heterocycles. The minimum absolute atomic E-state index is 0.0631. The van der Waals surface area contributed by atoms with Crippen LogP contribution in [0.4, 0.5) is 11.4 Å². The molecule has 0 saturated heterocycles. The van der Waals surface area contributed by atoms with Crippen LogP contribution in [0.2, 0.25) is 13.1 Å². The van der Waals surface area contributed by atoms with Crippen molar-refractivity contribution >= 4 is 47.1 Å². The van der Waals surface area contributed by atoms with Crippen LogP contribution in [0.3, 0.4) is 0 Å². The standard InChI is InChI=1S/C22H22N2O2SSi/c1-13(25)24-15-5-7-18-21(11-15)28(2,3)20-10-14(23)4-6-17(20)22(18)16-8-9-27-19(16)12-26-22/h4-11H,12,23H2,1-3H3,(H,24,25). The fourth-order valence-corrected chi connectivity index (χ4v) is 8.82. The number of carbonyl (C=O) groups is 1. The maximum atomic E-state index is 11.6. The van der Waals surface area contributed by atoms with E-state index in [1.807, 2.05) is 12.1 Å². The van der Waals surface area contributed by atoms with Gasteiger partial charge in [0.1, 0.15) is 13.7 Å². The Bertz CT molecular complexity index is 1140. The molecule has 1 spiro atoms. The summed E-state index contributed by atoms with van der Waals surface area (Å²) in [6, 6.07) is 14.7. The molecule has 1 amide bonds. The first-order valence-electron chi connectivity index (χ1n) is 9.38. The second-order valence-electron chi connectivity index (χ2n) is 8.10. The summed E-state index contributed by atoms with van der Waals surface area (Å²) >= 11 is 1.75. The van der Waals surface area contributed by atoms with E-state index in [2.05, 4.69) is 54.1 Å². The summed E-state index contributed by atoms with van der Waals surface area (Å²) in [6.07, 6.45) is 0. The van der Waals surface area contributed by atoms with E-state index in [0.29, 0.717) is 6.61 Å². The van der Waals surface area contributed by atoms with Gasteiger partial charge in [-0.3, -0.25) is 4.79 Å². The van der Waals surface area contributed by atoms with Gasteiger partial charge in [-0.15, -0.1) is 11.3 Å². The zero-order valence-electron chi connectivity index (χ0n) is 16.1. The molecule has 5 rings (SSSR count). The molecule has 0 saturated carbocycles. The number of thiophene rings is 1. The lowest BCUT2D eigenvalue weighted by Gasteiger charge is -2.44. The highest BCUT2D eigenvalue weighted by Gasteiger charge is 2.53. The zero-order valence-corrected chi connectivity index (χ0v) is 17.9. The Morgan fingerprint density at radius 3 is 2.57 bits per heavy atom. The van der Waals surface area contributed by atoms with Crippen LogP contribution in [-0.4, -0.2) is 14.0 Å². The van der Waals surface area contributed by atoms with Gasteiger partial charge in [-0.1, -0.05) is 25.2 Å². The van der Waals surface area contributed by atoms with Gasteiger partial charge in [0.25, 0.3) is 0 Å². The Morgan fingerprint density at radius 2 is 1.82 bits per heavy atom. The van der Waals surface area contributed by atoms with E-state index in [4.69, 9.17) is 10.5 Å². The smallest absolute Gasteiger partial charge is 0.221 e. The molecule has 2 aliphatic heterocycles. The predicted octanol–water partition coefficient (Wildman–Crippen LogP) is 3.25. The number of hydrogen-bond acceptors (Lipinski definition) is 4. The van der Waals surface area contributed by atoms with E-state index in [9.17, 15) is 4.79 Å². The average molecular weight is 407 g/mol. The summed E-state index contributed by atoms with van der Waals surface area (Å²) in [7, 11) is -2.05. The molecule has 1 unspecified atom stereocenters. The Kier molecular flexibility index (Phi) is 3.66. The predicted molar refractivity (Wildman–Crippen MR) is 117 cm³/mol. The second kappa shape index (κ2) is 5.79. The van der Waals surface area contributed by atoms with Gasteiger partial charge >= 0.3 is 0 Å². The monoisotopic (exact) mass is 406 g/mol. The molecule has 28 heavy (non-hydrogen) atoms. The summed E-state index contributed by atoms with van der Waals surface area (Å²) in [5.41, 5.74) is 10.9. The number of ether oxygens (including phenoxy) is 1. The highest BCUT2D eigenvalue weighted by atomic mass is 32.1. The number of benzene rings is 2. The molecule has 0 fully saturated rings. The lowest BCUT2D eigenvalue weighted by Crippen LogP contribution is -2.63. The van der Waals surface area contributed by atoms with E-state index < -0.39 is 13.7 Å². The van der Waals surface area contributed by atoms with Crippen LogP contribution in [0.1, 0.15) is 28.5 Å². The maximum Gasteiger partial charge on any atom is 0.221 e. The van der Waals surface area contributed by atoms with Gasteiger partial charge in [0.2, 0.25) is 5.91 Å². The van der Waals surface area contributed by atoms with Crippen LogP contribution in [0.15, 0.2) is 47.8 Å². The number of amides is 1. The lowest BCUT2D eigenvalue weighted by atomic mass is 9.80. The summed E-state index contributed by atoms with van der Waals surface area (Å²) in [5, 5.41) is 7.68. The number of carbonyl (C=O) groups excluding carboxylic acids is 1. The molecule has 1 atom stereocenters. The molecule has 3 heterocycles. The largest absolute Gasteiger partial charge is 0.399 e. The van der Waals surface area contributed by atoms with Crippen molar-refractivity contribution in [3.8, 4) is 0 Å². The maximum absolute atomic E-state index is 11.6.